The van der Waals surface area contributed by atoms with Crippen LogP contribution in [0.2, 0.25) is 0 Å². The summed E-state index contributed by atoms with van der Waals surface area (Å²) in [6.45, 7) is 7.82. The molecule has 1 saturated heterocycles. The van der Waals surface area contributed by atoms with Crippen LogP contribution in [-0.2, 0) is 0 Å². The molecule has 1 amide bonds. The molecule has 5 heteroatoms. The van der Waals surface area contributed by atoms with Crippen molar-refractivity contribution in [3.63, 3.8) is 0 Å². The normalized spacial score (nSPS) is 15.5. The van der Waals surface area contributed by atoms with Gasteiger partial charge in [-0.3, -0.25) is 4.79 Å². The molecular formula is C17H28N4O. The summed E-state index contributed by atoms with van der Waals surface area (Å²) in [6.07, 6.45) is 8.44. The van der Waals surface area contributed by atoms with Crippen LogP contribution in [0, 0.1) is 0 Å². The highest BCUT2D eigenvalue weighted by Crippen LogP contribution is 2.18. The highest BCUT2D eigenvalue weighted by Gasteiger charge is 2.18. The number of hydrogen-bond acceptors (Lipinski definition) is 4. The van der Waals surface area contributed by atoms with Crippen molar-refractivity contribution in [2.24, 2.45) is 0 Å². The minimum atomic E-state index is 0.0298. The molecule has 0 bridgehead atoms. The van der Waals surface area contributed by atoms with E-state index in [2.05, 4.69) is 28.7 Å². The molecule has 1 aliphatic heterocycles. The molecule has 2 heterocycles. The van der Waals surface area contributed by atoms with Gasteiger partial charge in [0.2, 0.25) is 0 Å². The van der Waals surface area contributed by atoms with E-state index in [-0.39, 0.29) is 5.91 Å². The summed E-state index contributed by atoms with van der Waals surface area (Å²) < 4.78 is 0. The Morgan fingerprint density at radius 1 is 1.09 bits per heavy atom. The summed E-state index contributed by atoms with van der Waals surface area (Å²) in [5.74, 6) is 0.926. The number of aromatic nitrogens is 2. The van der Waals surface area contributed by atoms with Crippen LogP contribution in [0.25, 0.3) is 0 Å². The Kier molecular flexibility index (Phi) is 6.62. The fourth-order valence-corrected chi connectivity index (χ4v) is 2.95. The first-order valence-corrected chi connectivity index (χ1v) is 8.62. The molecule has 1 fully saturated rings. The van der Waals surface area contributed by atoms with Gasteiger partial charge in [0.25, 0.3) is 5.91 Å². The molecule has 1 aromatic heterocycles. The van der Waals surface area contributed by atoms with Crippen molar-refractivity contribution in [2.45, 2.75) is 52.4 Å². The first-order valence-electron chi connectivity index (χ1n) is 8.62. The van der Waals surface area contributed by atoms with E-state index in [4.69, 9.17) is 0 Å². The van der Waals surface area contributed by atoms with Crippen LogP contribution < -0.4 is 4.90 Å². The molecular weight excluding hydrogens is 276 g/mol. The standard InChI is InChI=1S/C17H28N4O/c1-3-9-21(10-4-2)17(22)15-13-16(19-14-18-15)20-11-7-5-6-8-12-20/h13-14H,3-12H2,1-2H3. The Labute approximate surface area is 133 Å². The predicted octanol–water partition coefficient (Wildman–Crippen LogP) is 3.12. The molecule has 122 valence electrons. The maximum absolute atomic E-state index is 12.6. The summed E-state index contributed by atoms with van der Waals surface area (Å²) in [5.41, 5.74) is 0.524. The van der Waals surface area contributed by atoms with E-state index in [1.165, 1.54) is 32.0 Å². The van der Waals surface area contributed by atoms with Crippen LogP contribution in [0.1, 0.15) is 62.9 Å². The summed E-state index contributed by atoms with van der Waals surface area (Å²) in [7, 11) is 0. The molecule has 0 radical (unpaired) electrons. The molecule has 22 heavy (non-hydrogen) atoms. The number of anilines is 1. The van der Waals surface area contributed by atoms with E-state index < -0.39 is 0 Å². The van der Waals surface area contributed by atoms with Gasteiger partial charge in [0.1, 0.15) is 17.8 Å². The average Bonchev–Trinajstić information content (AvgIpc) is 2.83. The predicted molar refractivity (Wildman–Crippen MR) is 89.2 cm³/mol. The maximum Gasteiger partial charge on any atom is 0.272 e. The topological polar surface area (TPSA) is 49.3 Å². The highest BCUT2D eigenvalue weighted by atomic mass is 16.2. The van der Waals surface area contributed by atoms with Gasteiger partial charge in [-0.1, -0.05) is 26.7 Å². The summed E-state index contributed by atoms with van der Waals surface area (Å²) >= 11 is 0. The molecule has 0 saturated carbocycles. The van der Waals surface area contributed by atoms with Crippen molar-refractivity contribution in [1.29, 1.82) is 0 Å². The second kappa shape index (κ2) is 8.71. The Morgan fingerprint density at radius 2 is 1.73 bits per heavy atom. The highest BCUT2D eigenvalue weighted by molar-refractivity contribution is 5.92. The first kappa shape index (κ1) is 16.7. The number of hydrogen-bond donors (Lipinski definition) is 0. The van der Waals surface area contributed by atoms with Crippen LogP contribution >= 0.6 is 0 Å². The monoisotopic (exact) mass is 304 g/mol. The number of carbonyl (C=O) groups is 1. The Morgan fingerprint density at radius 3 is 2.32 bits per heavy atom. The lowest BCUT2D eigenvalue weighted by molar-refractivity contribution is 0.0749. The van der Waals surface area contributed by atoms with Gasteiger partial charge in [-0.25, -0.2) is 9.97 Å². The molecule has 0 aromatic carbocycles. The number of amides is 1. The lowest BCUT2D eigenvalue weighted by Crippen LogP contribution is -2.33. The minimum absolute atomic E-state index is 0.0298. The maximum atomic E-state index is 12.6. The molecule has 5 nitrogen and oxygen atoms in total. The summed E-state index contributed by atoms with van der Waals surface area (Å²) in [4.78, 5) is 25.4. The lowest BCUT2D eigenvalue weighted by atomic mass is 10.2. The number of carbonyl (C=O) groups excluding carboxylic acids is 1. The van der Waals surface area contributed by atoms with Gasteiger partial charge in [-0.15, -0.1) is 0 Å². The third-order valence-corrected chi connectivity index (χ3v) is 4.08. The molecule has 0 unspecified atom stereocenters. The molecule has 0 spiro atoms. The first-order chi connectivity index (χ1) is 10.8. The third-order valence-electron chi connectivity index (χ3n) is 4.08. The van der Waals surface area contributed by atoms with Crippen LogP contribution in [0.15, 0.2) is 12.4 Å². The molecule has 1 aliphatic rings. The lowest BCUT2D eigenvalue weighted by Gasteiger charge is -2.23. The second-order valence-corrected chi connectivity index (χ2v) is 5.95. The van der Waals surface area contributed by atoms with Crippen molar-refractivity contribution >= 4 is 11.7 Å². The fraction of sp³-hybridized carbons (Fsp3) is 0.706. The van der Waals surface area contributed by atoms with Crippen LogP contribution in [0.3, 0.4) is 0 Å². The van der Waals surface area contributed by atoms with Crippen molar-refractivity contribution in [3.05, 3.63) is 18.1 Å². The zero-order valence-corrected chi connectivity index (χ0v) is 13.9. The Bertz CT molecular complexity index is 463. The second-order valence-electron chi connectivity index (χ2n) is 5.95. The van der Waals surface area contributed by atoms with Crippen molar-refractivity contribution in [1.82, 2.24) is 14.9 Å². The van der Waals surface area contributed by atoms with Gasteiger partial charge < -0.3 is 9.80 Å². The van der Waals surface area contributed by atoms with Crippen molar-refractivity contribution < 1.29 is 4.79 Å². The number of rotatable bonds is 6. The number of nitrogens with zero attached hydrogens (tertiary/aromatic N) is 4. The SMILES string of the molecule is CCCN(CCC)C(=O)c1cc(N2CCCCCC2)ncn1. The summed E-state index contributed by atoms with van der Waals surface area (Å²) in [6, 6.07) is 1.87. The Balaban J connectivity index is 2.13. The fourth-order valence-electron chi connectivity index (χ4n) is 2.95. The largest absolute Gasteiger partial charge is 0.357 e. The average molecular weight is 304 g/mol. The van der Waals surface area contributed by atoms with Crippen LogP contribution in [0.4, 0.5) is 5.82 Å². The quantitative estimate of drug-likeness (QED) is 0.810. The van der Waals surface area contributed by atoms with Gasteiger partial charge in [0.15, 0.2) is 0 Å². The van der Waals surface area contributed by atoms with Gasteiger partial charge in [-0.2, -0.15) is 0 Å². The smallest absolute Gasteiger partial charge is 0.272 e. The van der Waals surface area contributed by atoms with E-state index in [9.17, 15) is 4.79 Å². The van der Waals surface area contributed by atoms with E-state index in [1.54, 1.807) is 0 Å². The summed E-state index contributed by atoms with van der Waals surface area (Å²) in [5, 5.41) is 0. The van der Waals surface area contributed by atoms with Gasteiger partial charge in [0.05, 0.1) is 0 Å². The van der Waals surface area contributed by atoms with Crippen molar-refractivity contribution in [3.8, 4) is 0 Å². The van der Waals surface area contributed by atoms with E-state index in [1.807, 2.05) is 11.0 Å². The van der Waals surface area contributed by atoms with Gasteiger partial charge in [0, 0.05) is 32.2 Å². The minimum Gasteiger partial charge on any atom is -0.357 e. The van der Waals surface area contributed by atoms with Crippen LogP contribution in [-0.4, -0.2) is 47.0 Å². The van der Waals surface area contributed by atoms with E-state index in [0.717, 1.165) is 44.8 Å². The van der Waals surface area contributed by atoms with Crippen molar-refractivity contribution in [2.75, 3.05) is 31.1 Å². The molecule has 0 atom stereocenters. The van der Waals surface area contributed by atoms with Gasteiger partial charge >= 0.3 is 0 Å². The molecule has 2 rings (SSSR count). The zero-order chi connectivity index (χ0) is 15.8. The molecule has 1 aromatic rings. The van der Waals surface area contributed by atoms with E-state index >= 15 is 0 Å². The molecule has 0 N–H and O–H groups in total. The van der Waals surface area contributed by atoms with Crippen LogP contribution in [0.5, 0.6) is 0 Å². The molecule has 0 aliphatic carbocycles. The zero-order valence-electron chi connectivity index (χ0n) is 13.9. The van der Waals surface area contributed by atoms with E-state index in [0.29, 0.717) is 5.69 Å². The third kappa shape index (κ3) is 4.42. The Hall–Kier alpha value is -1.65. The van der Waals surface area contributed by atoms with Gasteiger partial charge in [-0.05, 0) is 25.7 Å².